The predicted molar refractivity (Wildman–Crippen MR) is 83.1 cm³/mol. The van der Waals surface area contributed by atoms with E-state index in [1.54, 1.807) is 0 Å². The Hall–Kier alpha value is -0.440. The number of rotatable bonds is 11. The quantitative estimate of drug-likeness (QED) is 0.451. The topological polar surface area (TPSA) is 29.1 Å². The van der Waals surface area contributed by atoms with Crippen molar-refractivity contribution in [1.82, 2.24) is 5.32 Å². The molecule has 0 unspecified atom stereocenters. The van der Waals surface area contributed by atoms with Gasteiger partial charge in [0.05, 0.1) is 0 Å². The maximum Gasteiger partial charge on any atom is 0.246 e. The van der Waals surface area contributed by atoms with Crippen LogP contribution >= 0.6 is 11.8 Å². The molecule has 0 radical (unpaired) electrons. The zero-order valence-corrected chi connectivity index (χ0v) is 13.1. The Morgan fingerprint density at radius 3 is 2.50 bits per heavy atom. The lowest BCUT2D eigenvalue weighted by Gasteiger charge is -2.08. The van der Waals surface area contributed by atoms with E-state index in [4.69, 9.17) is 0 Å². The first-order valence-corrected chi connectivity index (χ1v) is 8.42. The molecule has 0 aromatic rings. The second-order valence-electron chi connectivity index (χ2n) is 4.43. The van der Waals surface area contributed by atoms with Crippen molar-refractivity contribution in [2.24, 2.45) is 0 Å². The van der Waals surface area contributed by atoms with Crippen molar-refractivity contribution in [2.75, 3.05) is 18.1 Å². The number of carbonyl (C=O) groups is 1. The zero-order chi connectivity index (χ0) is 13.6. The maximum absolute atomic E-state index is 11.9. The standard InChI is InChI=1S/C15H29NOS/c1-4-7-8-9-10-11-14(5-2)15(17)16-12-13-18-6-3/h5H,4,6-13H2,1-3H3,(H,16,17). The summed E-state index contributed by atoms with van der Waals surface area (Å²) in [5, 5.41) is 2.99. The normalized spacial score (nSPS) is 11.6. The van der Waals surface area contributed by atoms with Gasteiger partial charge < -0.3 is 5.32 Å². The van der Waals surface area contributed by atoms with Gasteiger partial charge in [-0.05, 0) is 25.5 Å². The molecule has 1 N–H and O–H groups in total. The molecule has 0 aliphatic heterocycles. The highest BCUT2D eigenvalue weighted by Crippen LogP contribution is 2.11. The van der Waals surface area contributed by atoms with Gasteiger partial charge >= 0.3 is 0 Å². The molecular weight excluding hydrogens is 242 g/mol. The van der Waals surface area contributed by atoms with E-state index in [1.807, 2.05) is 24.8 Å². The van der Waals surface area contributed by atoms with E-state index < -0.39 is 0 Å². The van der Waals surface area contributed by atoms with Crippen LogP contribution in [0.3, 0.4) is 0 Å². The summed E-state index contributed by atoms with van der Waals surface area (Å²) in [5.41, 5.74) is 0.952. The SMILES string of the molecule is CC=C(CCCCCCC)C(=O)NCCSCC. The van der Waals surface area contributed by atoms with Crippen molar-refractivity contribution in [3.8, 4) is 0 Å². The Morgan fingerprint density at radius 1 is 1.17 bits per heavy atom. The molecule has 0 saturated carbocycles. The molecule has 0 aliphatic carbocycles. The Bertz CT molecular complexity index is 239. The highest BCUT2D eigenvalue weighted by molar-refractivity contribution is 7.99. The van der Waals surface area contributed by atoms with Crippen LogP contribution in [0.25, 0.3) is 0 Å². The molecule has 0 rings (SSSR count). The van der Waals surface area contributed by atoms with Crippen LogP contribution in [0.15, 0.2) is 11.6 Å². The summed E-state index contributed by atoms with van der Waals surface area (Å²) in [4.78, 5) is 11.9. The van der Waals surface area contributed by atoms with Crippen LogP contribution in [-0.2, 0) is 4.79 Å². The minimum atomic E-state index is 0.129. The summed E-state index contributed by atoms with van der Waals surface area (Å²) in [6, 6.07) is 0. The van der Waals surface area contributed by atoms with Gasteiger partial charge in [0.15, 0.2) is 0 Å². The van der Waals surface area contributed by atoms with Gasteiger partial charge in [0.25, 0.3) is 0 Å². The smallest absolute Gasteiger partial charge is 0.246 e. The van der Waals surface area contributed by atoms with Gasteiger partial charge in [-0.2, -0.15) is 11.8 Å². The fraction of sp³-hybridized carbons (Fsp3) is 0.800. The van der Waals surface area contributed by atoms with Crippen LogP contribution in [0.4, 0.5) is 0 Å². The average molecular weight is 271 g/mol. The lowest BCUT2D eigenvalue weighted by atomic mass is 10.1. The first-order valence-electron chi connectivity index (χ1n) is 7.27. The molecule has 0 aliphatic rings. The molecule has 0 aromatic heterocycles. The van der Waals surface area contributed by atoms with Crippen LogP contribution < -0.4 is 5.32 Å². The van der Waals surface area contributed by atoms with Gasteiger partial charge in [-0.3, -0.25) is 4.79 Å². The van der Waals surface area contributed by atoms with E-state index in [-0.39, 0.29) is 5.91 Å². The van der Waals surface area contributed by atoms with Crippen molar-refractivity contribution >= 4 is 17.7 Å². The fourth-order valence-electron chi connectivity index (χ4n) is 1.80. The molecule has 0 heterocycles. The molecule has 0 aromatic carbocycles. The third kappa shape index (κ3) is 9.58. The zero-order valence-electron chi connectivity index (χ0n) is 12.3. The molecule has 18 heavy (non-hydrogen) atoms. The van der Waals surface area contributed by atoms with E-state index in [1.165, 1.54) is 25.7 Å². The first-order chi connectivity index (χ1) is 8.76. The van der Waals surface area contributed by atoms with Gasteiger partial charge in [0.1, 0.15) is 0 Å². The fourth-order valence-corrected chi connectivity index (χ4v) is 2.34. The number of hydrogen-bond acceptors (Lipinski definition) is 2. The van der Waals surface area contributed by atoms with Crippen molar-refractivity contribution in [2.45, 2.75) is 59.3 Å². The van der Waals surface area contributed by atoms with Gasteiger partial charge in [0, 0.05) is 17.9 Å². The van der Waals surface area contributed by atoms with E-state index in [9.17, 15) is 4.79 Å². The summed E-state index contributed by atoms with van der Waals surface area (Å²) in [6.07, 6.45) is 9.13. The number of amides is 1. The molecule has 1 amide bonds. The van der Waals surface area contributed by atoms with Crippen LogP contribution in [-0.4, -0.2) is 24.0 Å². The molecule has 0 atom stereocenters. The Labute approximate surface area is 117 Å². The van der Waals surface area contributed by atoms with Gasteiger partial charge in [-0.25, -0.2) is 0 Å². The number of hydrogen-bond donors (Lipinski definition) is 1. The van der Waals surface area contributed by atoms with Crippen LogP contribution in [0.2, 0.25) is 0 Å². The number of allylic oxidation sites excluding steroid dienone is 1. The number of unbranched alkanes of at least 4 members (excludes halogenated alkanes) is 4. The highest BCUT2D eigenvalue weighted by atomic mass is 32.2. The number of carbonyl (C=O) groups excluding carboxylic acids is 1. The average Bonchev–Trinajstić information content (AvgIpc) is 2.39. The molecule has 0 saturated heterocycles. The first kappa shape index (κ1) is 17.6. The van der Waals surface area contributed by atoms with Crippen molar-refractivity contribution < 1.29 is 4.79 Å². The van der Waals surface area contributed by atoms with Gasteiger partial charge in [-0.15, -0.1) is 0 Å². The van der Waals surface area contributed by atoms with Gasteiger partial charge in [-0.1, -0.05) is 45.6 Å². The maximum atomic E-state index is 11.9. The summed E-state index contributed by atoms with van der Waals surface area (Å²) in [5.74, 6) is 2.25. The third-order valence-electron chi connectivity index (χ3n) is 2.93. The van der Waals surface area contributed by atoms with Gasteiger partial charge in [0.2, 0.25) is 5.91 Å². The van der Waals surface area contributed by atoms with Crippen LogP contribution in [0.5, 0.6) is 0 Å². The highest BCUT2D eigenvalue weighted by Gasteiger charge is 2.07. The molecule has 0 spiro atoms. The third-order valence-corrected chi connectivity index (χ3v) is 3.83. The van der Waals surface area contributed by atoms with E-state index in [0.29, 0.717) is 0 Å². The van der Waals surface area contributed by atoms with E-state index in [2.05, 4.69) is 19.2 Å². The molecule has 3 heteroatoms. The van der Waals surface area contributed by atoms with Crippen LogP contribution in [0.1, 0.15) is 59.3 Å². The lowest BCUT2D eigenvalue weighted by molar-refractivity contribution is -0.117. The second-order valence-corrected chi connectivity index (χ2v) is 5.82. The molecule has 0 bridgehead atoms. The summed E-state index contributed by atoms with van der Waals surface area (Å²) in [6.45, 7) is 7.10. The van der Waals surface area contributed by atoms with Crippen molar-refractivity contribution in [3.63, 3.8) is 0 Å². The Balaban J connectivity index is 3.70. The Morgan fingerprint density at radius 2 is 1.89 bits per heavy atom. The van der Waals surface area contributed by atoms with Crippen molar-refractivity contribution in [1.29, 1.82) is 0 Å². The summed E-state index contributed by atoms with van der Waals surface area (Å²) < 4.78 is 0. The minimum Gasteiger partial charge on any atom is -0.351 e. The summed E-state index contributed by atoms with van der Waals surface area (Å²) in [7, 11) is 0. The largest absolute Gasteiger partial charge is 0.351 e. The predicted octanol–water partition coefficient (Wildman–Crippen LogP) is 4.16. The monoisotopic (exact) mass is 271 g/mol. The van der Waals surface area contributed by atoms with Crippen LogP contribution in [0, 0.1) is 0 Å². The number of thioether (sulfide) groups is 1. The number of nitrogens with one attached hydrogen (secondary N) is 1. The lowest BCUT2D eigenvalue weighted by Crippen LogP contribution is -2.27. The Kier molecular flexibility index (Phi) is 12.7. The molecular formula is C15H29NOS. The molecule has 106 valence electrons. The minimum absolute atomic E-state index is 0.129. The van der Waals surface area contributed by atoms with Crippen molar-refractivity contribution in [3.05, 3.63) is 11.6 Å². The molecule has 2 nitrogen and oxygen atoms in total. The molecule has 0 fully saturated rings. The van der Waals surface area contributed by atoms with E-state index >= 15 is 0 Å². The second kappa shape index (κ2) is 13.0. The van der Waals surface area contributed by atoms with E-state index in [0.717, 1.165) is 36.5 Å². The summed E-state index contributed by atoms with van der Waals surface area (Å²) >= 11 is 1.86.